The fourth-order valence-corrected chi connectivity index (χ4v) is 2.51. The van der Waals surface area contributed by atoms with Gasteiger partial charge in [-0.3, -0.25) is 4.79 Å². The van der Waals surface area contributed by atoms with Crippen LogP contribution in [0.15, 0.2) is 12.3 Å². The van der Waals surface area contributed by atoms with Gasteiger partial charge >= 0.3 is 12.1 Å². The molecule has 1 saturated carbocycles. The van der Waals surface area contributed by atoms with Gasteiger partial charge in [-0.15, -0.1) is 0 Å². The van der Waals surface area contributed by atoms with Crippen molar-refractivity contribution < 1.29 is 22.7 Å². The predicted octanol–water partition coefficient (Wildman–Crippen LogP) is 2.97. The van der Waals surface area contributed by atoms with Gasteiger partial charge in [-0.25, -0.2) is 4.98 Å². The summed E-state index contributed by atoms with van der Waals surface area (Å²) in [6.45, 7) is 1.37. The van der Waals surface area contributed by atoms with Crippen molar-refractivity contribution in [1.29, 1.82) is 0 Å². The highest BCUT2D eigenvalue weighted by Gasteiger charge is 2.32. The molecule has 0 atom stereocenters. The number of nitrogens with zero attached hydrogens (tertiary/aromatic N) is 1. The number of anilines is 2. The number of nitrogen functional groups attached to an aromatic ring is 1. The average molecular weight is 317 g/mol. The third kappa shape index (κ3) is 4.25. The van der Waals surface area contributed by atoms with Gasteiger partial charge in [0.2, 0.25) is 0 Å². The van der Waals surface area contributed by atoms with Crippen LogP contribution in [0.3, 0.4) is 0 Å². The minimum Gasteiger partial charge on any atom is -0.463 e. The van der Waals surface area contributed by atoms with E-state index in [1.807, 2.05) is 0 Å². The summed E-state index contributed by atoms with van der Waals surface area (Å²) in [5.41, 5.74) is 4.74. The highest BCUT2D eigenvalue weighted by molar-refractivity contribution is 5.66. The van der Waals surface area contributed by atoms with Crippen molar-refractivity contribution in [2.45, 2.75) is 50.9 Å². The number of rotatable bonds is 3. The van der Waals surface area contributed by atoms with Crippen LogP contribution in [0.4, 0.5) is 24.7 Å². The normalized spacial score (nSPS) is 22.2. The molecular formula is C14H18F3N3O2. The lowest BCUT2D eigenvalue weighted by atomic mass is 9.93. The zero-order valence-corrected chi connectivity index (χ0v) is 12.1. The monoisotopic (exact) mass is 317 g/mol. The zero-order chi connectivity index (χ0) is 16.3. The van der Waals surface area contributed by atoms with Crippen LogP contribution in [0.25, 0.3) is 0 Å². The first kappa shape index (κ1) is 16.4. The van der Waals surface area contributed by atoms with Crippen LogP contribution in [-0.4, -0.2) is 23.1 Å². The van der Waals surface area contributed by atoms with E-state index >= 15 is 0 Å². The van der Waals surface area contributed by atoms with E-state index in [9.17, 15) is 18.0 Å². The number of aromatic nitrogens is 1. The van der Waals surface area contributed by atoms with Crippen molar-refractivity contribution in [3.8, 4) is 0 Å². The van der Waals surface area contributed by atoms with Gasteiger partial charge in [-0.2, -0.15) is 13.2 Å². The van der Waals surface area contributed by atoms with E-state index in [-0.39, 0.29) is 29.6 Å². The smallest absolute Gasteiger partial charge is 0.417 e. The van der Waals surface area contributed by atoms with Crippen LogP contribution < -0.4 is 11.1 Å². The molecule has 1 aliphatic carbocycles. The molecule has 0 bridgehead atoms. The van der Waals surface area contributed by atoms with Crippen LogP contribution in [0.5, 0.6) is 0 Å². The van der Waals surface area contributed by atoms with Crippen LogP contribution in [0.1, 0.15) is 38.2 Å². The van der Waals surface area contributed by atoms with Crippen molar-refractivity contribution in [2.24, 2.45) is 0 Å². The molecule has 0 radical (unpaired) electrons. The summed E-state index contributed by atoms with van der Waals surface area (Å²) in [7, 11) is 0. The molecule has 0 spiro atoms. The van der Waals surface area contributed by atoms with E-state index in [1.165, 1.54) is 6.92 Å². The Morgan fingerprint density at radius 1 is 1.36 bits per heavy atom. The number of hydrogen-bond donors (Lipinski definition) is 2. The summed E-state index contributed by atoms with van der Waals surface area (Å²) >= 11 is 0. The molecule has 5 nitrogen and oxygen atoms in total. The first-order valence-corrected chi connectivity index (χ1v) is 7.02. The Morgan fingerprint density at radius 2 is 2.00 bits per heavy atom. The Bertz CT molecular complexity index is 541. The van der Waals surface area contributed by atoms with Crippen LogP contribution in [-0.2, 0) is 15.7 Å². The maximum atomic E-state index is 12.5. The van der Waals surface area contributed by atoms with Crippen LogP contribution >= 0.6 is 0 Å². The van der Waals surface area contributed by atoms with E-state index < -0.39 is 11.7 Å². The highest BCUT2D eigenvalue weighted by atomic mass is 19.4. The van der Waals surface area contributed by atoms with Gasteiger partial charge in [-0.1, -0.05) is 0 Å². The molecule has 1 aromatic heterocycles. The Balaban J connectivity index is 1.94. The van der Waals surface area contributed by atoms with Crippen molar-refractivity contribution in [3.63, 3.8) is 0 Å². The predicted molar refractivity (Wildman–Crippen MR) is 75.1 cm³/mol. The third-order valence-corrected chi connectivity index (χ3v) is 3.59. The molecule has 0 saturated heterocycles. The lowest BCUT2D eigenvalue weighted by Crippen LogP contribution is -2.31. The van der Waals surface area contributed by atoms with E-state index in [0.29, 0.717) is 12.8 Å². The second-order valence-electron chi connectivity index (χ2n) is 5.39. The Labute approximate surface area is 126 Å². The SMILES string of the molecule is CC(=O)OC1CCC(Nc2ncc(C(F)(F)F)cc2N)CC1. The number of ether oxygens (including phenoxy) is 1. The standard InChI is InChI=1S/C14H18F3N3O2/c1-8(21)22-11-4-2-10(3-5-11)20-13-12(18)6-9(7-19-13)14(15,16)17/h6-7,10-11H,2-5,18H2,1H3,(H,19,20). The summed E-state index contributed by atoms with van der Waals surface area (Å²) in [4.78, 5) is 14.7. The summed E-state index contributed by atoms with van der Waals surface area (Å²) in [5, 5.41) is 3.06. The molecule has 0 aromatic carbocycles. The van der Waals surface area contributed by atoms with Gasteiger partial charge in [0, 0.05) is 19.2 Å². The first-order valence-electron chi connectivity index (χ1n) is 7.02. The fraction of sp³-hybridized carbons (Fsp3) is 0.571. The number of esters is 1. The van der Waals surface area contributed by atoms with Crippen LogP contribution in [0.2, 0.25) is 0 Å². The second kappa shape index (κ2) is 6.41. The Kier molecular flexibility index (Phi) is 4.77. The highest BCUT2D eigenvalue weighted by Crippen LogP contribution is 2.32. The molecule has 1 aliphatic rings. The summed E-state index contributed by atoms with van der Waals surface area (Å²) in [6.07, 6.45) is -0.894. The molecule has 2 rings (SSSR count). The average Bonchev–Trinajstić information content (AvgIpc) is 2.41. The van der Waals surface area contributed by atoms with Crippen molar-refractivity contribution in [2.75, 3.05) is 11.1 Å². The maximum absolute atomic E-state index is 12.5. The zero-order valence-electron chi connectivity index (χ0n) is 12.1. The molecule has 0 aliphatic heterocycles. The first-order chi connectivity index (χ1) is 10.3. The number of carbonyl (C=O) groups excluding carboxylic acids is 1. The second-order valence-corrected chi connectivity index (χ2v) is 5.39. The van der Waals surface area contributed by atoms with Crippen molar-refractivity contribution in [1.82, 2.24) is 4.98 Å². The van der Waals surface area contributed by atoms with Crippen molar-refractivity contribution >= 4 is 17.5 Å². The minimum absolute atomic E-state index is 0.0306. The van der Waals surface area contributed by atoms with Gasteiger partial charge in [0.05, 0.1) is 11.3 Å². The molecule has 1 fully saturated rings. The van der Waals surface area contributed by atoms with Gasteiger partial charge in [-0.05, 0) is 31.7 Å². The minimum atomic E-state index is -4.46. The van der Waals surface area contributed by atoms with Gasteiger partial charge in [0.1, 0.15) is 11.9 Å². The van der Waals surface area contributed by atoms with Crippen LogP contribution in [0, 0.1) is 0 Å². The number of carbonyl (C=O) groups is 1. The molecule has 122 valence electrons. The maximum Gasteiger partial charge on any atom is 0.417 e. The van der Waals surface area contributed by atoms with Crippen molar-refractivity contribution in [3.05, 3.63) is 17.8 Å². The molecule has 8 heteroatoms. The summed E-state index contributed by atoms with van der Waals surface area (Å²) in [5.74, 6) is -0.0472. The molecule has 0 unspecified atom stereocenters. The van der Waals surface area contributed by atoms with Gasteiger partial charge in [0.25, 0.3) is 0 Å². The van der Waals surface area contributed by atoms with Gasteiger partial charge < -0.3 is 15.8 Å². The number of alkyl halides is 3. The quantitative estimate of drug-likeness (QED) is 0.838. The molecule has 3 N–H and O–H groups in total. The van der Waals surface area contributed by atoms with Gasteiger partial charge in [0.15, 0.2) is 0 Å². The van der Waals surface area contributed by atoms with E-state index in [1.54, 1.807) is 0 Å². The number of nitrogens with two attached hydrogens (primary N) is 1. The number of nitrogens with one attached hydrogen (secondary N) is 1. The van der Waals surface area contributed by atoms with E-state index in [4.69, 9.17) is 10.5 Å². The topological polar surface area (TPSA) is 77.2 Å². The largest absolute Gasteiger partial charge is 0.463 e. The summed E-state index contributed by atoms with van der Waals surface area (Å²) < 4.78 is 42.8. The molecule has 1 heterocycles. The number of halogens is 3. The molecule has 22 heavy (non-hydrogen) atoms. The lowest BCUT2D eigenvalue weighted by Gasteiger charge is -2.29. The molecule has 0 amide bonds. The van der Waals surface area contributed by atoms with E-state index in [2.05, 4.69) is 10.3 Å². The van der Waals surface area contributed by atoms with E-state index in [0.717, 1.165) is 25.1 Å². The third-order valence-electron chi connectivity index (χ3n) is 3.59. The molecular weight excluding hydrogens is 299 g/mol. The number of pyridine rings is 1. The number of hydrogen-bond acceptors (Lipinski definition) is 5. The Hall–Kier alpha value is -1.99. The lowest BCUT2D eigenvalue weighted by molar-refractivity contribution is -0.147. The molecule has 1 aromatic rings. The Morgan fingerprint density at radius 3 is 2.50 bits per heavy atom. The fourth-order valence-electron chi connectivity index (χ4n) is 2.51. The summed E-state index contributed by atoms with van der Waals surface area (Å²) in [6, 6.07) is 0.929.